The minimum atomic E-state index is 0.307. The zero-order chi connectivity index (χ0) is 15.2. The quantitative estimate of drug-likeness (QED) is 0.757. The molecule has 1 aromatic carbocycles. The van der Waals surface area contributed by atoms with E-state index in [9.17, 15) is 0 Å². The number of nitrogens with one attached hydrogen (secondary N) is 1. The van der Waals surface area contributed by atoms with E-state index in [-0.39, 0.29) is 0 Å². The molecule has 2 rings (SSSR count). The van der Waals surface area contributed by atoms with Gasteiger partial charge in [0.1, 0.15) is 5.75 Å². The number of benzene rings is 1. The highest BCUT2D eigenvalue weighted by atomic mass is 16.5. The van der Waals surface area contributed by atoms with Crippen LogP contribution in [0, 0.1) is 12.8 Å². The second-order valence-corrected chi connectivity index (χ2v) is 6.12. The van der Waals surface area contributed by atoms with Gasteiger partial charge in [-0.3, -0.25) is 0 Å². The predicted molar refractivity (Wildman–Crippen MR) is 87.0 cm³/mol. The Labute approximate surface area is 129 Å². The highest BCUT2D eigenvalue weighted by Gasteiger charge is 2.36. The Morgan fingerprint density at radius 3 is 2.62 bits per heavy atom. The molecule has 1 aromatic rings. The molecule has 118 valence electrons. The Bertz CT molecular complexity index is 443. The SMILES string of the molecule is CCCNC(Cc1cc(C)ccc1OC)C(OC)C1CC1. The van der Waals surface area contributed by atoms with Crippen molar-refractivity contribution in [2.24, 2.45) is 5.92 Å². The van der Waals surface area contributed by atoms with Crippen LogP contribution in [-0.2, 0) is 11.2 Å². The summed E-state index contributed by atoms with van der Waals surface area (Å²) in [6.07, 6.45) is 5.01. The fourth-order valence-electron chi connectivity index (χ4n) is 3.05. The van der Waals surface area contributed by atoms with E-state index in [1.807, 2.05) is 7.11 Å². The molecule has 0 bridgehead atoms. The Balaban J connectivity index is 2.15. The molecule has 0 aromatic heterocycles. The smallest absolute Gasteiger partial charge is 0.122 e. The number of hydrogen-bond acceptors (Lipinski definition) is 3. The molecule has 0 amide bonds. The normalized spacial score (nSPS) is 17.5. The number of methoxy groups -OCH3 is 2. The molecular formula is C18H29NO2. The van der Waals surface area contributed by atoms with Crippen LogP contribution in [0.15, 0.2) is 18.2 Å². The summed E-state index contributed by atoms with van der Waals surface area (Å²) in [6, 6.07) is 6.77. The molecule has 0 aliphatic heterocycles. The molecule has 3 nitrogen and oxygen atoms in total. The summed E-state index contributed by atoms with van der Waals surface area (Å²) in [4.78, 5) is 0. The fraction of sp³-hybridized carbons (Fsp3) is 0.667. The Hall–Kier alpha value is -1.06. The van der Waals surface area contributed by atoms with Crippen molar-refractivity contribution < 1.29 is 9.47 Å². The van der Waals surface area contributed by atoms with E-state index in [2.05, 4.69) is 37.4 Å². The van der Waals surface area contributed by atoms with E-state index < -0.39 is 0 Å². The maximum Gasteiger partial charge on any atom is 0.122 e. The topological polar surface area (TPSA) is 30.5 Å². The van der Waals surface area contributed by atoms with E-state index in [1.54, 1.807) is 7.11 Å². The summed E-state index contributed by atoms with van der Waals surface area (Å²) < 4.78 is 11.3. The second kappa shape index (κ2) is 7.81. The minimum Gasteiger partial charge on any atom is -0.496 e. The van der Waals surface area contributed by atoms with Crippen LogP contribution >= 0.6 is 0 Å². The van der Waals surface area contributed by atoms with Gasteiger partial charge in [0.05, 0.1) is 13.2 Å². The summed E-state index contributed by atoms with van der Waals surface area (Å²) in [5.41, 5.74) is 2.55. The van der Waals surface area contributed by atoms with E-state index in [0.717, 1.165) is 31.1 Å². The van der Waals surface area contributed by atoms with Gasteiger partial charge >= 0.3 is 0 Å². The van der Waals surface area contributed by atoms with Gasteiger partial charge in [0.2, 0.25) is 0 Å². The lowest BCUT2D eigenvalue weighted by molar-refractivity contribution is 0.0509. The first kappa shape index (κ1) is 16.3. The molecular weight excluding hydrogens is 262 g/mol. The van der Waals surface area contributed by atoms with Crippen LogP contribution in [0.4, 0.5) is 0 Å². The van der Waals surface area contributed by atoms with Crippen molar-refractivity contribution in [3.05, 3.63) is 29.3 Å². The molecule has 2 unspecified atom stereocenters. The fourth-order valence-corrected chi connectivity index (χ4v) is 3.05. The summed E-state index contributed by atoms with van der Waals surface area (Å²) in [7, 11) is 3.59. The molecule has 1 aliphatic rings. The van der Waals surface area contributed by atoms with Gasteiger partial charge in [-0.2, -0.15) is 0 Å². The van der Waals surface area contributed by atoms with Gasteiger partial charge < -0.3 is 14.8 Å². The number of aryl methyl sites for hydroxylation is 1. The van der Waals surface area contributed by atoms with Crippen LogP contribution in [-0.4, -0.2) is 32.9 Å². The maximum atomic E-state index is 5.81. The number of hydrogen-bond donors (Lipinski definition) is 1. The third kappa shape index (κ3) is 4.45. The Morgan fingerprint density at radius 1 is 1.29 bits per heavy atom. The minimum absolute atomic E-state index is 0.307. The molecule has 0 radical (unpaired) electrons. The van der Waals surface area contributed by atoms with Crippen molar-refractivity contribution in [3.8, 4) is 5.75 Å². The van der Waals surface area contributed by atoms with Crippen molar-refractivity contribution in [1.29, 1.82) is 0 Å². The first-order valence-electron chi connectivity index (χ1n) is 8.09. The summed E-state index contributed by atoms with van der Waals surface area (Å²) in [5, 5.41) is 3.68. The highest BCUT2D eigenvalue weighted by Crippen LogP contribution is 2.36. The van der Waals surface area contributed by atoms with E-state index >= 15 is 0 Å². The van der Waals surface area contributed by atoms with Crippen molar-refractivity contribution in [3.63, 3.8) is 0 Å². The number of ether oxygens (including phenoxy) is 2. The molecule has 21 heavy (non-hydrogen) atoms. The second-order valence-electron chi connectivity index (χ2n) is 6.12. The van der Waals surface area contributed by atoms with Crippen LogP contribution in [0.2, 0.25) is 0 Å². The highest BCUT2D eigenvalue weighted by molar-refractivity contribution is 5.37. The maximum absolute atomic E-state index is 5.81. The summed E-state index contributed by atoms with van der Waals surface area (Å²) in [5.74, 6) is 1.70. The third-order valence-electron chi connectivity index (χ3n) is 4.29. The molecule has 0 spiro atoms. The van der Waals surface area contributed by atoms with E-state index in [0.29, 0.717) is 12.1 Å². The largest absolute Gasteiger partial charge is 0.496 e. The lowest BCUT2D eigenvalue weighted by atomic mass is 9.96. The van der Waals surface area contributed by atoms with Gasteiger partial charge in [0.25, 0.3) is 0 Å². The zero-order valence-electron chi connectivity index (χ0n) is 13.8. The lowest BCUT2D eigenvalue weighted by Crippen LogP contribution is -2.44. The summed E-state index contributed by atoms with van der Waals surface area (Å²) in [6.45, 7) is 5.37. The first-order valence-corrected chi connectivity index (χ1v) is 8.09. The average Bonchev–Trinajstić information content (AvgIpc) is 3.30. The number of rotatable bonds is 9. The van der Waals surface area contributed by atoms with Crippen molar-refractivity contribution in [1.82, 2.24) is 5.32 Å². The van der Waals surface area contributed by atoms with E-state index in [1.165, 1.54) is 24.0 Å². The molecule has 2 atom stereocenters. The lowest BCUT2D eigenvalue weighted by Gasteiger charge is -2.28. The molecule has 1 saturated carbocycles. The Morgan fingerprint density at radius 2 is 2.05 bits per heavy atom. The third-order valence-corrected chi connectivity index (χ3v) is 4.29. The zero-order valence-corrected chi connectivity index (χ0v) is 13.8. The van der Waals surface area contributed by atoms with Crippen LogP contribution in [0.1, 0.15) is 37.3 Å². The van der Waals surface area contributed by atoms with Crippen molar-refractivity contribution in [2.45, 2.75) is 51.7 Å². The van der Waals surface area contributed by atoms with Gasteiger partial charge in [0.15, 0.2) is 0 Å². The van der Waals surface area contributed by atoms with Gasteiger partial charge in [-0.1, -0.05) is 24.6 Å². The van der Waals surface area contributed by atoms with Crippen molar-refractivity contribution >= 4 is 0 Å². The van der Waals surface area contributed by atoms with Gasteiger partial charge in [-0.05, 0) is 56.7 Å². The average molecular weight is 291 g/mol. The van der Waals surface area contributed by atoms with Crippen molar-refractivity contribution in [2.75, 3.05) is 20.8 Å². The van der Waals surface area contributed by atoms with Gasteiger partial charge in [-0.15, -0.1) is 0 Å². The van der Waals surface area contributed by atoms with E-state index in [4.69, 9.17) is 9.47 Å². The summed E-state index contributed by atoms with van der Waals surface area (Å²) >= 11 is 0. The molecule has 0 saturated heterocycles. The first-order chi connectivity index (χ1) is 10.2. The Kier molecular flexibility index (Phi) is 6.07. The van der Waals surface area contributed by atoms with Crippen LogP contribution < -0.4 is 10.1 Å². The standard InChI is InChI=1S/C18H29NO2/c1-5-10-19-16(18(21-4)14-7-8-14)12-15-11-13(2)6-9-17(15)20-3/h6,9,11,14,16,18-19H,5,7-8,10,12H2,1-4H3. The molecule has 1 aliphatic carbocycles. The van der Waals surface area contributed by atoms with Crippen LogP contribution in [0.25, 0.3) is 0 Å². The molecule has 1 fully saturated rings. The van der Waals surface area contributed by atoms with Crippen LogP contribution in [0.3, 0.4) is 0 Å². The molecule has 1 N–H and O–H groups in total. The van der Waals surface area contributed by atoms with Crippen LogP contribution in [0.5, 0.6) is 5.75 Å². The van der Waals surface area contributed by atoms with Gasteiger partial charge in [-0.25, -0.2) is 0 Å². The predicted octanol–water partition coefficient (Wildman–Crippen LogP) is 3.34. The molecule has 0 heterocycles. The van der Waals surface area contributed by atoms with Gasteiger partial charge in [0, 0.05) is 13.2 Å². The molecule has 3 heteroatoms. The monoisotopic (exact) mass is 291 g/mol.